The van der Waals surface area contributed by atoms with Gasteiger partial charge in [0.2, 0.25) is 0 Å². The van der Waals surface area contributed by atoms with Gasteiger partial charge in [0.15, 0.2) is 0 Å². The number of ether oxygens (including phenoxy) is 1. The minimum atomic E-state index is -0.348. The Kier molecular flexibility index (Phi) is 5.45. The van der Waals surface area contributed by atoms with E-state index < -0.39 is 0 Å². The average Bonchev–Trinajstić information content (AvgIpc) is 3.45. The van der Waals surface area contributed by atoms with Crippen LogP contribution in [0.25, 0.3) is 0 Å². The second-order valence-corrected chi connectivity index (χ2v) is 16.5. The minimum Gasteiger partial charge on any atom is -0.462 e. The molecule has 12 atom stereocenters. The predicted molar refractivity (Wildman–Crippen MR) is 151 cm³/mol. The quantitative estimate of drug-likeness (QED) is 0.283. The smallest absolute Gasteiger partial charge is 0.313 e. The van der Waals surface area contributed by atoms with E-state index in [0.29, 0.717) is 41.4 Å². The molecule has 3 nitrogen and oxygen atoms in total. The van der Waals surface area contributed by atoms with Gasteiger partial charge in [-0.2, -0.15) is 0 Å². The molecule has 0 amide bonds. The molecule has 1 saturated heterocycles. The van der Waals surface area contributed by atoms with Crippen molar-refractivity contribution in [2.45, 2.75) is 125 Å². The van der Waals surface area contributed by atoms with Gasteiger partial charge >= 0.3 is 5.97 Å². The van der Waals surface area contributed by atoms with Crippen molar-refractivity contribution >= 4 is 5.97 Å². The Bertz CT molecular complexity index is 1120. The summed E-state index contributed by atoms with van der Waals surface area (Å²) in [4.78, 5) is 14.3. The first-order valence-electron chi connectivity index (χ1n) is 16.1. The van der Waals surface area contributed by atoms with Gasteiger partial charge in [-0.25, -0.2) is 0 Å². The number of hydrogen-bond donors (Lipinski definition) is 1. The number of aliphatic hydroxyl groups is 1. The second-order valence-electron chi connectivity index (χ2n) is 16.5. The first-order chi connectivity index (χ1) is 17.8. The highest BCUT2D eigenvalue weighted by Crippen LogP contribution is 2.77. The van der Waals surface area contributed by atoms with Crippen LogP contribution in [-0.2, 0) is 9.53 Å². The minimum absolute atomic E-state index is 0.0937. The van der Waals surface area contributed by atoms with E-state index in [2.05, 4.69) is 54.5 Å². The molecule has 1 heterocycles. The summed E-state index contributed by atoms with van der Waals surface area (Å²) in [6.07, 6.45) is 13.6. The fourth-order valence-corrected chi connectivity index (χ4v) is 12.8. The van der Waals surface area contributed by atoms with Crippen molar-refractivity contribution in [1.82, 2.24) is 0 Å². The first kappa shape index (κ1) is 25.8. The third kappa shape index (κ3) is 3.04. The fourth-order valence-electron chi connectivity index (χ4n) is 12.8. The SMILES string of the molecule is CC1=CCCC2(C)CC3OC(=O)C4(CC5CC4(C)C4=C5C(C)CCC5C(C(C)C)C(O)CC5(C)C4)C3CC12. The molecule has 1 aliphatic heterocycles. The van der Waals surface area contributed by atoms with Gasteiger partial charge in [0.05, 0.1) is 11.5 Å². The Morgan fingerprint density at radius 1 is 1.03 bits per heavy atom. The van der Waals surface area contributed by atoms with Gasteiger partial charge < -0.3 is 9.84 Å². The van der Waals surface area contributed by atoms with Crippen molar-refractivity contribution in [3.05, 3.63) is 22.8 Å². The van der Waals surface area contributed by atoms with Crippen molar-refractivity contribution < 1.29 is 14.6 Å². The van der Waals surface area contributed by atoms with Crippen LogP contribution in [0.15, 0.2) is 22.8 Å². The maximum Gasteiger partial charge on any atom is 0.313 e. The molecule has 1 spiro atoms. The van der Waals surface area contributed by atoms with E-state index in [9.17, 15) is 9.90 Å². The van der Waals surface area contributed by atoms with Gasteiger partial charge in [0.25, 0.3) is 0 Å². The van der Waals surface area contributed by atoms with Gasteiger partial charge in [-0.05, 0) is 117 Å². The molecular formula is C35H52O3. The summed E-state index contributed by atoms with van der Waals surface area (Å²) in [5.41, 5.74) is 4.89. The second kappa shape index (κ2) is 8.01. The zero-order valence-corrected chi connectivity index (χ0v) is 25.1. The molecule has 7 aliphatic rings. The Morgan fingerprint density at radius 3 is 2.53 bits per heavy atom. The molecule has 1 N–H and O–H groups in total. The van der Waals surface area contributed by atoms with Gasteiger partial charge in [0.1, 0.15) is 6.10 Å². The molecule has 6 aliphatic carbocycles. The highest BCUT2D eigenvalue weighted by Gasteiger charge is 2.75. The number of fused-ring (bicyclic) bond motifs is 9. The molecule has 0 aromatic rings. The highest BCUT2D eigenvalue weighted by atomic mass is 16.6. The van der Waals surface area contributed by atoms with Crippen molar-refractivity contribution in [1.29, 1.82) is 0 Å². The van der Waals surface area contributed by atoms with Crippen LogP contribution < -0.4 is 0 Å². The van der Waals surface area contributed by atoms with Crippen LogP contribution in [0.1, 0.15) is 113 Å². The van der Waals surface area contributed by atoms with Crippen LogP contribution in [0.3, 0.4) is 0 Å². The van der Waals surface area contributed by atoms with E-state index in [1.165, 1.54) is 25.7 Å². The number of carbonyl (C=O) groups is 1. The van der Waals surface area contributed by atoms with Gasteiger partial charge in [0, 0.05) is 11.3 Å². The molecule has 0 radical (unpaired) electrons. The summed E-state index contributed by atoms with van der Waals surface area (Å²) in [6.45, 7) is 16.9. The molecule has 3 heteroatoms. The van der Waals surface area contributed by atoms with Gasteiger partial charge in [-0.15, -0.1) is 0 Å². The molecule has 210 valence electrons. The third-order valence-corrected chi connectivity index (χ3v) is 14.4. The Labute approximate surface area is 231 Å². The summed E-state index contributed by atoms with van der Waals surface area (Å²) in [5.74, 6) is 3.70. The van der Waals surface area contributed by atoms with Crippen LogP contribution >= 0.6 is 0 Å². The maximum atomic E-state index is 14.3. The third-order valence-electron chi connectivity index (χ3n) is 14.4. The van der Waals surface area contributed by atoms with E-state index in [1.54, 1.807) is 16.7 Å². The summed E-state index contributed by atoms with van der Waals surface area (Å²) >= 11 is 0. The first-order valence-corrected chi connectivity index (χ1v) is 16.1. The van der Waals surface area contributed by atoms with E-state index in [4.69, 9.17) is 4.74 Å². The van der Waals surface area contributed by atoms with Crippen LogP contribution in [0.4, 0.5) is 0 Å². The number of aliphatic hydroxyl groups excluding tert-OH is 1. The monoisotopic (exact) mass is 520 g/mol. The average molecular weight is 521 g/mol. The van der Waals surface area contributed by atoms with Crippen LogP contribution in [0, 0.1) is 63.1 Å². The summed E-state index contributed by atoms with van der Waals surface area (Å²) in [7, 11) is 0. The van der Waals surface area contributed by atoms with Gasteiger partial charge in [-0.1, -0.05) is 64.3 Å². The molecule has 0 aromatic heterocycles. The fraction of sp³-hybridized carbons (Fsp3) is 0.857. The molecule has 38 heavy (non-hydrogen) atoms. The molecular weight excluding hydrogens is 468 g/mol. The van der Waals surface area contributed by atoms with E-state index in [0.717, 1.165) is 38.5 Å². The van der Waals surface area contributed by atoms with Crippen molar-refractivity contribution in [3.63, 3.8) is 0 Å². The van der Waals surface area contributed by atoms with Crippen molar-refractivity contribution in [3.8, 4) is 0 Å². The lowest BCUT2D eigenvalue weighted by Gasteiger charge is -2.54. The highest BCUT2D eigenvalue weighted by molar-refractivity contribution is 5.83. The van der Waals surface area contributed by atoms with E-state index in [-0.39, 0.29) is 39.8 Å². The molecule has 12 unspecified atom stereocenters. The maximum absolute atomic E-state index is 14.3. The predicted octanol–water partition coefficient (Wildman–Crippen LogP) is 7.88. The van der Waals surface area contributed by atoms with Crippen LogP contribution in [0.5, 0.6) is 0 Å². The topological polar surface area (TPSA) is 46.5 Å². The molecule has 4 fully saturated rings. The van der Waals surface area contributed by atoms with E-state index in [1.807, 2.05) is 0 Å². The summed E-state index contributed by atoms with van der Waals surface area (Å²) < 4.78 is 6.49. The zero-order valence-electron chi connectivity index (χ0n) is 25.1. The standard InChI is InChI=1S/C35H52O3/c1-19(2)29-23-11-10-21(4)30-22-14-34(7,26(30)16-33(23,6)17-27(29)36)35(15-22)25-13-24-20(3)9-8-12-32(24,5)18-28(25)38-31(35)37/h9,19,21-25,27-29,36H,8,10-18H2,1-7H3. The Balaban J connectivity index is 1.30. The lowest BCUT2D eigenvalue weighted by Crippen LogP contribution is -2.52. The number of hydrogen-bond acceptors (Lipinski definition) is 3. The molecule has 3 saturated carbocycles. The lowest BCUT2D eigenvalue weighted by molar-refractivity contribution is -0.153. The Hall–Kier alpha value is -1.09. The number of carbonyl (C=O) groups excluding carboxylic acids is 1. The summed E-state index contributed by atoms with van der Waals surface area (Å²) in [5, 5.41) is 11.3. The van der Waals surface area contributed by atoms with Crippen LogP contribution in [-0.4, -0.2) is 23.3 Å². The normalized spacial score (nSPS) is 55.3. The largest absolute Gasteiger partial charge is 0.462 e. The summed E-state index contributed by atoms with van der Waals surface area (Å²) in [6, 6.07) is 0. The number of esters is 1. The molecule has 0 aromatic carbocycles. The van der Waals surface area contributed by atoms with Gasteiger partial charge in [-0.3, -0.25) is 4.79 Å². The lowest BCUT2D eigenvalue weighted by atomic mass is 9.47. The van der Waals surface area contributed by atoms with Crippen molar-refractivity contribution in [2.24, 2.45) is 63.1 Å². The van der Waals surface area contributed by atoms with Crippen molar-refractivity contribution in [2.75, 3.05) is 0 Å². The number of rotatable bonds is 1. The zero-order chi connectivity index (χ0) is 27.0. The molecule has 7 rings (SSSR count). The molecule has 2 bridgehead atoms. The number of allylic oxidation sites excluding steroid dienone is 4. The Morgan fingerprint density at radius 2 is 1.79 bits per heavy atom. The van der Waals surface area contributed by atoms with E-state index >= 15 is 0 Å². The van der Waals surface area contributed by atoms with Crippen LogP contribution in [0.2, 0.25) is 0 Å².